The largest absolute Gasteiger partial charge is 0.459 e. The molecule has 0 aliphatic carbocycles. The second kappa shape index (κ2) is 9.19. The minimum atomic E-state index is -0.958. The van der Waals surface area contributed by atoms with Crippen LogP contribution >= 0.6 is 0 Å². The predicted molar refractivity (Wildman–Crippen MR) is 87.2 cm³/mol. The van der Waals surface area contributed by atoms with Gasteiger partial charge in [0.15, 0.2) is 0 Å². The molecule has 0 saturated carbocycles. The Balaban J connectivity index is 2.36. The molecule has 0 aliphatic heterocycles. The minimum absolute atomic E-state index is 0.146. The van der Waals surface area contributed by atoms with Crippen LogP contribution in [0, 0.1) is 5.82 Å². The normalized spacial score (nSPS) is 12.4. The van der Waals surface area contributed by atoms with E-state index >= 15 is 0 Å². The van der Waals surface area contributed by atoms with E-state index in [0.29, 0.717) is 6.54 Å². The summed E-state index contributed by atoms with van der Waals surface area (Å²) < 4.78 is 18.3. The number of halogens is 1. The van der Waals surface area contributed by atoms with Gasteiger partial charge in [0.1, 0.15) is 18.5 Å². The molecular formula is C16H24FN3O4. The summed E-state index contributed by atoms with van der Waals surface area (Å²) in [6.45, 7) is 3.92. The van der Waals surface area contributed by atoms with Crippen molar-refractivity contribution in [3.05, 3.63) is 35.6 Å². The van der Waals surface area contributed by atoms with Gasteiger partial charge in [-0.05, 0) is 26.0 Å². The lowest BCUT2D eigenvalue weighted by Crippen LogP contribution is -2.52. The van der Waals surface area contributed by atoms with Crippen molar-refractivity contribution in [2.45, 2.75) is 25.5 Å². The summed E-state index contributed by atoms with van der Waals surface area (Å²) >= 11 is 0. The molecule has 0 fully saturated rings. The monoisotopic (exact) mass is 341 g/mol. The van der Waals surface area contributed by atoms with E-state index in [9.17, 15) is 19.1 Å². The molecule has 0 bridgehead atoms. The van der Waals surface area contributed by atoms with E-state index in [0.717, 1.165) is 6.07 Å². The number of β-amino-alcohol motifs (C(OH)–C–C–N with tert-alkyl or cyclic N) is 1. The molecule has 0 aliphatic rings. The molecule has 2 amide bonds. The molecule has 0 spiro atoms. The maximum absolute atomic E-state index is 13.4. The van der Waals surface area contributed by atoms with E-state index in [2.05, 4.69) is 16.0 Å². The van der Waals surface area contributed by atoms with Crippen LogP contribution in [-0.4, -0.2) is 55.5 Å². The van der Waals surface area contributed by atoms with Crippen molar-refractivity contribution in [3.8, 4) is 0 Å². The SMILES string of the molecule is CNC(=O)NCC(C)(C)NCC(O)COC(=O)c1ccccc1F. The van der Waals surface area contributed by atoms with Gasteiger partial charge in [0.05, 0.1) is 5.56 Å². The molecule has 1 atom stereocenters. The van der Waals surface area contributed by atoms with Gasteiger partial charge >= 0.3 is 12.0 Å². The van der Waals surface area contributed by atoms with Crippen LogP contribution in [0.4, 0.5) is 9.18 Å². The quantitative estimate of drug-likeness (QED) is 0.520. The highest BCUT2D eigenvalue weighted by Gasteiger charge is 2.20. The lowest BCUT2D eigenvalue weighted by atomic mass is 10.1. The van der Waals surface area contributed by atoms with Crippen molar-refractivity contribution in [1.82, 2.24) is 16.0 Å². The lowest BCUT2D eigenvalue weighted by molar-refractivity contribution is 0.0241. The van der Waals surface area contributed by atoms with Gasteiger partial charge in [0.25, 0.3) is 0 Å². The molecule has 1 aromatic carbocycles. The van der Waals surface area contributed by atoms with E-state index in [1.807, 2.05) is 13.8 Å². The molecule has 24 heavy (non-hydrogen) atoms. The summed E-state index contributed by atoms with van der Waals surface area (Å²) in [6, 6.07) is 5.18. The van der Waals surface area contributed by atoms with Crippen molar-refractivity contribution in [1.29, 1.82) is 0 Å². The first kappa shape index (κ1) is 19.9. The topological polar surface area (TPSA) is 99.7 Å². The number of carbonyl (C=O) groups is 2. The fourth-order valence-electron chi connectivity index (χ4n) is 1.78. The Labute approximate surface area is 140 Å². The summed E-state index contributed by atoms with van der Waals surface area (Å²) in [6.07, 6.45) is -0.958. The molecule has 0 saturated heterocycles. The first-order valence-electron chi connectivity index (χ1n) is 7.55. The summed E-state index contributed by atoms with van der Waals surface area (Å²) in [4.78, 5) is 22.9. The number of hydrogen-bond donors (Lipinski definition) is 4. The van der Waals surface area contributed by atoms with Crippen molar-refractivity contribution in [3.63, 3.8) is 0 Å². The first-order valence-corrected chi connectivity index (χ1v) is 7.55. The molecule has 0 heterocycles. The molecule has 1 unspecified atom stereocenters. The number of nitrogens with one attached hydrogen (secondary N) is 3. The minimum Gasteiger partial charge on any atom is -0.459 e. The number of urea groups is 1. The number of rotatable bonds is 8. The maximum atomic E-state index is 13.4. The summed E-state index contributed by atoms with van der Waals surface area (Å²) in [5.41, 5.74) is -0.643. The second-order valence-corrected chi connectivity index (χ2v) is 5.93. The number of aliphatic hydroxyl groups is 1. The Hall–Kier alpha value is -2.19. The standard InChI is InChI=1S/C16H24FN3O4/c1-16(2,10-19-15(23)18-3)20-8-11(21)9-24-14(22)12-6-4-5-7-13(12)17/h4-7,11,20-21H,8-10H2,1-3H3,(H2,18,19,23). The average molecular weight is 341 g/mol. The smallest absolute Gasteiger partial charge is 0.341 e. The molecular weight excluding hydrogens is 317 g/mol. The number of ether oxygens (including phenoxy) is 1. The zero-order chi connectivity index (χ0) is 18.2. The van der Waals surface area contributed by atoms with E-state index in [4.69, 9.17) is 4.74 Å². The molecule has 4 N–H and O–H groups in total. The van der Waals surface area contributed by atoms with Crippen LogP contribution in [0.1, 0.15) is 24.2 Å². The van der Waals surface area contributed by atoms with E-state index < -0.39 is 23.4 Å². The van der Waals surface area contributed by atoms with Crippen LogP contribution in [0.3, 0.4) is 0 Å². The van der Waals surface area contributed by atoms with Gasteiger partial charge in [-0.1, -0.05) is 12.1 Å². The third-order valence-corrected chi connectivity index (χ3v) is 3.23. The number of aliphatic hydroxyl groups excluding tert-OH is 1. The Kier molecular flexibility index (Phi) is 7.60. The fourth-order valence-corrected chi connectivity index (χ4v) is 1.78. The predicted octanol–water partition coefficient (Wildman–Crippen LogP) is 0.641. The maximum Gasteiger partial charge on any atom is 0.341 e. The molecule has 1 rings (SSSR count). The highest BCUT2D eigenvalue weighted by atomic mass is 19.1. The fraction of sp³-hybridized carbons (Fsp3) is 0.500. The molecule has 0 radical (unpaired) electrons. The van der Waals surface area contributed by atoms with Gasteiger partial charge < -0.3 is 25.8 Å². The number of esters is 1. The van der Waals surface area contributed by atoms with E-state index in [1.54, 1.807) is 0 Å². The zero-order valence-electron chi connectivity index (χ0n) is 14.1. The van der Waals surface area contributed by atoms with Gasteiger partial charge in [-0.25, -0.2) is 14.0 Å². The van der Waals surface area contributed by atoms with Gasteiger partial charge in [0.2, 0.25) is 0 Å². The van der Waals surface area contributed by atoms with Crippen LogP contribution in [0.15, 0.2) is 24.3 Å². The second-order valence-electron chi connectivity index (χ2n) is 5.93. The molecule has 0 aromatic heterocycles. The van der Waals surface area contributed by atoms with Gasteiger partial charge in [0, 0.05) is 25.7 Å². The van der Waals surface area contributed by atoms with Crippen LogP contribution in [0.25, 0.3) is 0 Å². The average Bonchev–Trinajstić information content (AvgIpc) is 2.56. The summed E-state index contributed by atoms with van der Waals surface area (Å²) in [7, 11) is 1.52. The van der Waals surface area contributed by atoms with Crippen molar-refractivity contribution in [2.75, 3.05) is 26.7 Å². The lowest BCUT2D eigenvalue weighted by Gasteiger charge is -2.28. The Morgan fingerprint density at radius 2 is 2.00 bits per heavy atom. The highest BCUT2D eigenvalue weighted by Crippen LogP contribution is 2.08. The summed E-state index contributed by atoms with van der Waals surface area (Å²) in [5.74, 6) is -1.50. The van der Waals surface area contributed by atoms with Crippen LogP contribution < -0.4 is 16.0 Å². The van der Waals surface area contributed by atoms with E-state index in [-0.39, 0.29) is 24.7 Å². The van der Waals surface area contributed by atoms with Crippen LogP contribution in [0.5, 0.6) is 0 Å². The number of carbonyl (C=O) groups excluding carboxylic acids is 2. The third-order valence-electron chi connectivity index (χ3n) is 3.23. The zero-order valence-corrected chi connectivity index (χ0v) is 14.1. The number of amides is 2. The van der Waals surface area contributed by atoms with Crippen molar-refractivity contribution in [2.24, 2.45) is 0 Å². The Morgan fingerprint density at radius 3 is 2.62 bits per heavy atom. The summed E-state index contributed by atoms with van der Waals surface area (Å²) in [5, 5.41) is 18.0. The third kappa shape index (κ3) is 6.93. The highest BCUT2D eigenvalue weighted by molar-refractivity contribution is 5.89. The molecule has 134 valence electrons. The molecule has 8 heteroatoms. The number of hydrogen-bond acceptors (Lipinski definition) is 5. The van der Waals surface area contributed by atoms with Crippen molar-refractivity contribution < 1.29 is 23.8 Å². The molecule has 1 aromatic rings. The Morgan fingerprint density at radius 1 is 1.33 bits per heavy atom. The van der Waals surface area contributed by atoms with E-state index in [1.165, 1.54) is 25.2 Å². The first-order chi connectivity index (χ1) is 11.2. The van der Waals surface area contributed by atoms with Gasteiger partial charge in [-0.15, -0.1) is 0 Å². The van der Waals surface area contributed by atoms with Crippen LogP contribution in [0.2, 0.25) is 0 Å². The van der Waals surface area contributed by atoms with Gasteiger partial charge in [-0.3, -0.25) is 0 Å². The van der Waals surface area contributed by atoms with Gasteiger partial charge in [-0.2, -0.15) is 0 Å². The van der Waals surface area contributed by atoms with Crippen molar-refractivity contribution >= 4 is 12.0 Å². The van der Waals surface area contributed by atoms with Crippen LogP contribution in [-0.2, 0) is 4.74 Å². The number of benzene rings is 1. The Bertz CT molecular complexity index is 566. The molecule has 7 nitrogen and oxygen atoms in total.